The van der Waals surface area contributed by atoms with Crippen LogP contribution in [-0.4, -0.2) is 6.61 Å². The lowest BCUT2D eigenvalue weighted by Gasteiger charge is -2.07. The van der Waals surface area contributed by atoms with Gasteiger partial charge in [0.15, 0.2) is 0 Å². The van der Waals surface area contributed by atoms with E-state index >= 15 is 0 Å². The average molecular weight is 167 g/mol. The van der Waals surface area contributed by atoms with Gasteiger partial charge < -0.3 is 10.9 Å². The van der Waals surface area contributed by atoms with Crippen LogP contribution in [0.1, 0.15) is 13.8 Å². The molecule has 0 fully saturated rings. The molecule has 0 unspecified atom stereocenters. The third kappa shape index (κ3) is 3.98. The molecule has 12 heavy (non-hydrogen) atoms. The summed E-state index contributed by atoms with van der Waals surface area (Å²) >= 11 is 0. The summed E-state index contributed by atoms with van der Waals surface area (Å²) in [6, 6.07) is 9.90. The second kappa shape index (κ2) is 5.61. The zero-order chi connectivity index (χ0) is 8.10. The van der Waals surface area contributed by atoms with Crippen LogP contribution in [0, 0.1) is 5.92 Å². The molecular formula is C10H17NO. The molecule has 0 amide bonds. The van der Waals surface area contributed by atoms with Crippen LogP contribution in [0.3, 0.4) is 0 Å². The molecule has 0 radical (unpaired) electrons. The Balaban J connectivity index is 0.00000121. The highest BCUT2D eigenvalue weighted by molar-refractivity contribution is 5.20. The molecule has 1 aromatic rings. The minimum Gasteiger partial charge on any atom is -0.493 e. The van der Waals surface area contributed by atoms with E-state index in [1.54, 1.807) is 0 Å². The molecule has 0 saturated heterocycles. The lowest BCUT2D eigenvalue weighted by Crippen LogP contribution is -2.03. The van der Waals surface area contributed by atoms with Crippen LogP contribution in [-0.2, 0) is 0 Å². The van der Waals surface area contributed by atoms with Crippen LogP contribution < -0.4 is 10.9 Å². The Morgan fingerprint density at radius 1 is 1.17 bits per heavy atom. The number of para-hydroxylation sites is 1. The van der Waals surface area contributed by atoms with Gasteiger partial charge in [0, 0.05) is 0 Å². The van der Waals surface area contributed by atoms with Crippen molar-refractivity contribution in [3.05, 3.63) is 30.3 Å². The predicted octanol–water partition coefficient (Wildman–Crippen LogP) is 2.88. The van der Waals surface area contributed by atoms with Crippen LogP contribution in [0.15, 0.2) is 30.3 Å². The second-order valence-corrected chi connectivity index (χ2v) is 3.02. The highest BCUT2D eigenvalue weighted by Gasteiger charge is 1.94. The van der Waals surface area contributed by atoms with Gasteiger partial charge in [-0.15, -0.1) is 0 Å². The maximum atomic E-state index is 5.47. The first kappa shape index (κ1) is 11.0. The molecule has 3 N–H and O–H groups in total. The molecule has 0 aliphatic carbocycles. The van der Waals surface area contributed by atoms with Crippen molar-refractivity contribution in [2.75, 3.05) is 6.61 Å². The van der Waals surface area contributed by atoms with Gasteiger partial charge in [0.1, 0.15) is 5.75 Å². The van der Waals surface area contributed by atoms with Crippen molar-refractivity contribution < 1.29 is 4.74 Å². The summed E-state index contributed by atoms with van der Waals surface area (Å²) in [6.07, 6.45) is 0. The molecule has 0 spiro atoms. The minimum absolute atomic E-state index is 0. The van der Waals surface area contributed by atoms with Crippen LogP contribution in [0.5, 0.6) is 5.75 Å². The minimum atomic E-state index is 0. The Kier molecular flexibility index (Phi) is 5.13. The summed E-state index contributed by atoms with van der Waals surface area (Å²) in [4.78, 5) is 0. The van der Waals surface area contributed by atoms with Crippen LogP contribution in [0.2, 0.25) is 0 Å². The van der Waals surface area contributed by atoms with E-state index in [0.717, 1.165) is 12.4 Å². The summed E-state index contributed by atoms with van der Waals surface area (Å²) in [5.74, 6) is 1.55. The van der Waals surface area contributed by atoms with Crippen molar-refractivity contribution in [2.45, 2.75) is 13.8 Å². The van der Waals surface area contributed by atoms with Gasteiger partial charge >= 0.3 is 0 Å². The highest BCUT2D eigenvalue weighted by Crippen LogP contribution is 2.09. The van der Waals surface area contributed by atoms with Crippen molar-refractivity contribution in [1.82, 2.24) is 6.15 Å². The summed E-state index contributed by atoms with van der Waals surface area (Å²) in [6.45, 7) is 5.08. The van der Waals surface area contributed by atoms with E-state index in [2.05, 4.69) is 13.8 Å². The van der Waals surface area contributed by atoms with E-state index < -0.39 is 0 Å². The lowest BCUT2D eigenvalue weighted by molar-refractivity contribution is 0.271. The summed E-state index contributed by atoms with van der Waals surface area (Å²) in [5.41, 5.74) is 0. The Morgan fingerprint density at radius 3 is 2.25 bits per heavy atom. The molecule has 0 aromatic heterocycles. The summed E-state index contributed by atoms with van der Waals surface area (Å²) in [5, 5.41) is 0. The Hall–Kier alpha value is -1.02. The smallest absolute Gasteiger partial charge is 0.119 e. The van der Waals surface area contributed by atoms with E-state index in [1.165, 1.54) is 0 Å². The molecule has 68 valence electrons. The Bertz CT molecular complexity index is 196. The maximum absolute atomic E-state index is 5.47. The predicted molar refractivity (Wildman–Crippen MR) is 51.8 cm³/mol. The number of hydrogen-bond acceptors (Lipinski definition) is 2. The average Bonchev–Trinajstić information content (AvgIpc) is 2.03. The third-order valence-corrected chi connectivity index (χ3v) is 1.33. The van der Waals surface area contributed by atoms with Crippen molar-refractivity contribution in [2.24, 2.45) is 5.92 Å². The van der Waals surface area contributed by atoms with Gasteiger partial charge in [-0.1, -0.05) is 32.0 Å². The monoisotopic (exact) mass is 167 g/mol. The van der Waals surface area contributed by atoms with Crippen molar-refractivity contribution >= 4 is 0 Å². The van der Waals surface area contributed by atoms with Gasteiger partial charge in [-0.2, -0.15) is 0 Å². The van der Waals surface area contributed by atoms with Crippen molar-refractivity contribution in [1.29, 1.82) is 0 Å². The van der Waals surface area contributed by atoms with Gasteiger partial charge in [0.25, 0.3) is 0 Å². The molecule has 0 aliphatic heterocycles. The molecule has 1 aromatic carbocycles. The molecule has 1 rings (SSSR count). The zero-order valence-electron chi connectivity index (χ0n) is 7.79. The fourth-order valence-electron chi connectivity index (χ4n) is 0.780. The topological polar surface area (TPSA) is 44.2 Å². The number of ether oxygens (including phenoxy) is 1. The maximum Gasteiger partial charge on any atom is 0.119 e. The highest BCUT2D eigenvalue weighted by atomic mass is 16.5. The molecular weight excluding hydrogens is 150 g/mol. The second-order valence-electron chi connectivity index (χ2n) is 3.02. The normalized spacial score (nSPS) is 9.25. The van der Waals surface area contributed by atoms with Crippen molar-refractivity contribution in [3.63, 3.8) is 0 Å². The van der Waals surface area contributed by atoms with Gasteiger partial charge in [0.05, 0.1) is 6.61 Å². The largest absolute Gasteiger partial charge is 0.493 e. The summed E-state index contributed by atoms with van der Waals surface area (Å²) < 4.78 is 5.47. The van der Waals surface area contributed by atoms with Gasteiger partial charge in [-0.3, -0.25) is 0 Å². The standard InChI is InChI=1S/C10H14O.H3N/c1-9(2)8-11-10-6-4-3-5-7-10;/h3-7,9H,8H2,1-2H3;1H3. The third-order valence-electron chi connectivity index (χ3n) is 1.33. The molecule has 0 atom stereocenters. The fraction of sp³-hybridized carbons (Fsp3) is 0.400. The fourth-order valence-corrected chi connectivity index (χ4v) is 0.780. The molecule has 0 bridgehead atoms. The van der Waals surface area contributed by atoms with Gasteiger partial charge in [0.2, 0.25) is 0 Å². The Morgan fingerprint density at radius 2 is 1.75 bits per heavy atom. The van der Waals surface area contributed by atoms with Crippen LogP contribution in [0.25, 0.3) is 0 Å². The molecule has 2 heteroatoms. The number of hydrogen-bond donors (Lipinski definition) is 1. The zero-order valence-corrected chi connectivity index (χ0v) is 7.79. The molecule has 0 aliphatic rings. The van der Waals surface area contributed by atoms with Crippen LogP contribution in [0.4, 0.5) is 0 Å². The number of benzene rings is 1. The lowest BCUT2D eigenvalue weighted by atomic mass is 10.2. The first-order chi connectivity index (χ1) is 5.29. The molecule has 2 nitrogen and oxygen atoms in total. The summed E-state index contributed by atoms with van der Waals surface area (Å²) in [7, 11) is 0. The molecule has 0 saturated carbocycles. The van der Waals surface area contributed by atoms with Gasteiger partial charge in [-0.25, -0.2) is 0 Å². The molecule has 0 heterocycles. The van der Waals surface area contributed by atoms with E-state index in [4.69, 9.17) is 4.74 Å². The SMILES string of the molecule is CC(C)COc1ccccc1.N. The first-order valence-electron chi connectivity index (χ1n) is 3.97. The quantitative estimate of drug-likeness (QED) is 0.752. The van der Waals surface area contributed by atoms with E-state index in [-0.39, 0.29) is 6.15 Å². The van der Waals surface area contributed by atoms with E-state index in [1.807, 2.05) is 30.3 Å². The van der Waals surface area contributed by atoms with Gasteiger partial charge in [-0.05, 0) is 18.1 Å². The Labute approximate surface area is 74.1 Å². The van der Waals surface area contributed by atoms with E-state index in [9.17, 15) is 0 Å². The van der Waals surface area contributed by atoms with Crippen LogP contribution >= 0.6 is 0 Å². The number of rotatable bonds is 3. The van der Waals surface area contributed by atoms with Crippen molar-refractivity contribution in [3.8, 4) is 5.75 Å². The first-order valence-corrected chi connectivity index (χ1v) is 3.97. The van der Waals surface area contributed by atoms with E-state index in [0.29, 0.717) is 5.92 Å².